The number of fused-ring (bicyclic) bond motifs is 6. The van der Waals surface area contributed by atoms with Crippen LogP contribution >= 0.6 is 0 Å². The third-order valence-electron chi connectivity index (χ3n) is 12.3. The van der Waals surface area contributed by atoms with Crippen molar-refractivity contribution in [3.05, 3.63) is 248 Å². The highest BCUT2D eigenvalue weighted by molar-refractivity contribution is 6.35. The summed E-state index contributed by atoms with van der Waals surface area (Å²) in [6.45, 7) is 0. The van der Waals surface area contributed by atoms with Gasteiger partial charge in [-0.05, 0) is 60.7 Å². The third kappa shape index (κ3) is 6.54. The number of rotatable bonds is 8. The molecule has 0 aromatic heterocycles. The molecule has 324 valence electrons. The van der Waals surface area contributed by atoms with Gasteiger partial charge >= 0.3 is 0 Å². The summed E-state index contributed by atoms with van der Waals surface area (Å²) in [6, 6.07) is 45.1. The highest BCUT2D eigenvalue weighted by atomic mass is 16.2. The van der Waals surface area contributed by atoms with E-state index in [0.29, 0.717) is 11.1 Å². The Morgan fingerprint density at radius 3 is 0.868 bits per heavy atom. The van der Waals surface area contributed by atoms with Crippen molar-refractivity contribution >= 4 is 80.6 Å². The second kappa shape index (κ2) is 16.1. The zero-order chi connectivity index (χ0) is 46.8. The van der Waals surface area contributed by atoms with E-state index in [2.05, 4.69) is 21.3 Å². The molecule has 11 rings (SSSR count). The van der Waals surface area contributed by atoms with Crippen LogP contribution in [0.2, 0.25) is 0 Å². The average Bonchev–Trinajstić information content (AvgIpc) is 3.37. The number of carbonyl (C=O) groups excluding carboxylic acids is 8. The number of carbonyl (C=O) groups is 8. The zero-order valence-corrected chi connectivity index (χ0v) is 35.4. The van der Waals surface area contributed by atoms with Crippen molar-refractivity contribution in [2.45, 2.75) is 0 Å². The summed E-state index contributed by atoms with van der Waals surface area (Å²) in [7, 11) is 0. The summed E-state index contributed by atoms with van der Waals surface area (Å²) >= 11 is 0. The second-order valence-corrected chi connectivity index (χ2v) is 16.2. The van der Waals surface area contributed by atoms with Gasteiger partial charge in [-0.25, -0.2) is 0 Å². The largest absolute Gasteiger partial charge is 0.354 e. The van der Waals surface area contributed by atoms with Crippen LogP contribution in [0.1, 0.15) is 116 Å². The summed E-state index contributed by atoms with van der Waals surface area (Å²) in [5.74, 6) is -3.99. The number of anilines is 6. The topological polar surface area (TPSA) is 185 Å². The molecule has 0 heterocycles. The molecule has 0 saturated carbocycles. The standard InChI is InChI=1S/C56H32N4O8/c61-49-31-17-7-9-19-33(31)51(63)47-41(59-55(67)29-13-3-1-4-14-29)27-25-39(45(47)49)57-37-23-11-21-35-43(37)53(65)36-22-12-24-38(44(36)54(35)66)58-40-26-28-42(60-56(68)30-15-5-2-6-16-30)48-46(40)50(62)32-18-8-10-20-34(32)52(48)64/h1-28,57-58H,(H,59,67)(H,60,68). The van der Waals surface area contributed by atoms with E-state index in [1.165, 1.54) is 36.4 Å². The number of benzene rings is 8. The lowest BCUT2D eigenvalue weighted by Crippen LogP contribution is -2.26. The zero-order valence-electron chi connectivity index (χ0n) is 35.4. The minimum Gasteiger partial charge on any atom is -0.354 e. The van der Waals surface area contributed by atoms with E-state index in [4.69, 9.17) is 0 Å². The molecule has 2 amide bonds. The molecule has 0 fully saturated rings. The van der Waals surface area contributed by atoms with Crippen molar-refractivity contribution in [3.8, 4) is 0 Å². The van der Waals surface area contributed by atoms with Crippen LogP contribution in [0.15, 0.2) is 170 Å². The van der Waals surface area contributed by atoms with Gasteiger partial charge in [-0.15, -0.1) is 0 Å². The highest BCUT2D eigenvalue weighted by Gasteiger charge is 2.39. The molecule has 0 radical (unpaired) electrons. The maximum absolute atomic E-state index is 14.7. The van der Waals surface area contributed by atoms with E-state index in [1.807, 2.05) is 0 Å². The number of ketones is 6. The molecule has 0 spiro atoms. The first-order valence-electron chi connectivity index (χ1n) is 21.4. The predicted molar refractivity (Wildman–Crippen MR) is 255 cm³/mol. The fraction of sp³-hybridized carbons (Fsp3) is 0. The Hall–Kier alpha value is -9.68. The molecular formula is C56H32N4O8. The normalized spacial score (nSPS) is 13.0. The molecular weight excluding hydrogens is 857 g/mol. The molecule has 8 aromatic carbocycles. The van der Waals surface area contributed by atoms with Gasteiger partial charge in [0.1, 0.15) is 0 Å². The van der Waals surface area contributed by atoms with Gasteiger partial charge in [-0.3, -0.25) is 38.4 Å². The number of amides is 2. The van der Waals surface area contributed by atoms with Crippen LogP contribution in [0.5, 0.6) is 0 Å². The summed E-state index contributed by atoms with van der Waals surface area (Å²) in [5, 5.41) is 12.0. The first-order valence-corrected chi connectivity index (χ1v) is 21.4. The van der Waals surface area contributed by atoms with Crippen LogP contribution in [0, 0.1) is 0 Å². The molecule has 0 aliphatic heterocycles. The Labute approximate surface area is 386 Å². The average molecular weight is 889 g/mol. The van der Waals surface area contributed by atoms with Gasteiger partial charge in [0.2, 0.25) is 0 Å². The van der Waals surface area contributed by atoms with Gasteiger partial charge in [-0.1, -0.05) is 109 Å². The first kappa shape index (κ1) is 41.1. The molecule has 4 N–H and O–H groups in total. The number of hydrogen-bond acceptors (Lipinski definition) is 10. The Bertz CT molecular complexity index is 3380. The molecule has 12 heteroatoms. The molecule has 0 saturated heterocycles. The van der Waals surface area contributed by atoms with E-state index in [-0.39, 0.29) is 101 Å². The summed E-state index contributed by atoms with van der Waals surface area (Å²) in [4.78, 5) is 113. The molecule has 3 aliphatic rings. The molecule has 12 nitrogen and oxygen atoms in total. The predicted octanol–water partition coefficient (Wildman–Crippen LogP) is 10.0. The lowest BCUT2D eigenvalue weighted by molar-refractivity contribution is 0.0978. The van der Waals surface area contributed by atoms with Crippen LogP contribution in [0.3, 0.4) is 0 Å². The molecule has 0 bridgehead atoms. The van der Waals surface area contributed by atoms with E-state index in [9.17, 15) is 38.4 Å². The van der Waals surface area contributed by atoms with Crippen LogP contribution < -0.4 is 21.3 Å². The van der Waals surface area contributed by atoms with Crippen molar-refractivity contribution < 1.29 is 38.4 Å². The van der Waals surface area contributed by atoms with Crippen molar-refractivity contribution in [2.75, 3.05) is 21.3 Å². The maximum Gasteiger partial charge on any atom is 0.255 e. The third-order valence-corrected chi connectivity index (χ3v) is 12.3. The number of hydrogen-bond donors (Lipinski definition) is 4. The van der Waals surface area contributed by atoms with Gasteiger partial charge in [0.25, 0.3) is 11.8 Å². The smallest absolute Gasteiger partial charge is 0.255 e. The van der Waals surface area contributed by atoms with E-state index in [1.54, 1.807) is 133 Å². The summed E-state index contributed by atoms with van der Waals surface area (Å²) in [5.41, 5.74) is 2.25. The maximum atomic E-state index is 14.7. The van der Waals surface area contributed by atoms with Crippen molar-refractivity contribution in [2.24, 2.45) is 0 Å². The van der Waals surface area contributed by atoms with Crippen molar-refractivity contribution in [1.82, 2.24) is 0 Å². The van der Waals surface area contributed by atoms with Gasteiger partial charge in [0.05, 0.1) is 67.5 Å². The fourth-order valence-corrected chi connectivity index (χ4v) is 9.17. The van der Waals surface area contributed by atoms with Crippen LogP contribution in [-0.2, 0) is 0 Å². The summed E-state index contributed by atoms with van der Waals surface area (Å²) < 4.78 is 0. The monoisotopic (exact) mass is 888 g/mol. The van der Waals surface area contributed by atoms with Crippen molar-refractivity contribution in [1.29, 1.82) is 0 Å². The molecule has 3 aliphatic carbocycles. The lowest BCUT2D eigenvalue weighted by Gasteiger charge is -2.26. The van der Waals surface area contributed by atoms with Crippen LogP contribution in [0.25, 0.3) is 0 Å². The highest BCUT2D eigenvalue weighted by Crippen LogP contribution is 2.43. The fourth-order valence-electron chi connectivity index (χ4n) is 9.17. The Kier molecular flexibility index (Phi) is 9.71. The van der Waals surface area contributed by atoms with Gasteiger partial charge < -0.3 is 21.3 Å². The Morgan fingerprint density at radius 2 is 0.515 bits per heavy atom. The van der Waals surface area contributed by atoms with E-state index in [0.717, 1.165) is 0 Å². The quantitative estimate of drug-likeness (QED) is 0.114. The number of nitrogens with one attached hydrogen (secondary N) is 4. The van der Waals surface area contributed by atoms with Crippen LogP contribution in [-0.4, -0.2) is 46.5 Å². The molecule has 8 aromatic rings. The SMILES string of the molecule is O=C(Nc1ccc(Nc2cccc3c2C(=O)c2cccc(Nc4ccc(NC(=O)c5ccccc5)c5c4C(=O)c4ccccc4C5=O)c2C3=O)c2c1C(=O)c1ccccc1C2=O)c1ccccc1. The van der Waals surface area contributed by atoms with Gasteiger partial charge in [-0.2, -0.15) is 0 Å². The Morgan fingerprint density at radius 1 is 0.250 bits per heavy atom. The van der Waals surface area contributed by atoms with E-state index >= 15 is 0 Å². The second-order valence-electron chi connectivity index (χ2n) is 16.2. The minimum atomic E-state index is -0.532. The van der Waals surface area contributed by atoms with Gasteiger partial charge in [0.15, 0.2) is 34.7 Å². The van der Waals surface area contributed by atoms with Crippen LogP contribution in [0.4, 0.5) is 34.1 Å². The first-order chi connectivity index (χ1) is 33.1. The summed E-state index contributed by atoms with van der Waals surface area (Å²) in [6.07, 6.45) is 0. The lowest BCUT2D eigenvalue weighted by atomic mass is 9.81. The molecule has 0 unspecified atom stereocenters. The van der Waals surface area contributed by atoms with Gasteiger partial charge in [0, 0.05) is 44.5 Å². The minimum absolute atomic E-state index is 0.0145. The Balaban J connectivity index is 0.968. The van der Waals surface area contributed by atoms with Crippen molar-refractivity contribution in [3.63, 3.8) is 0 Å². The molecule has 0 atom stereocenters. The molecule has 68 heavy (non-hydrogen) atoms. The van der Waals surface area contributed by atoms with E-state index < -0.39 is 46.5 Å².